The van der Waals surface area contributed by atoms with E-state index in [1.807, 2.05) is 0 Å². The number of hydrogen-bond acceptors (Lipinski definition) is 6. The van der Waals surface area contributed by atoms with Gasteiger partial charge in [0.25, 0.3) is 0 Å². The maximum atomic E-state index is 12.4. The zero-order valence-electron chi connectivity index (χ0n) is 11.7. The molecule has 1 unspecified atom stereocenters. The lowest BCUT2D eigenvalue weighted by Gasteiger charge is -2.21. The molecule has 0 aromatic carbocycles. The molecule has 21 heavy (non-hydrogen) atoms. The molecular formula is C10H18N3O6PS. The summed E-state index contributed by atoms with van der Waals surface area (Å²) in [6.45, 7) is -0.0313. The van der Waals surface area contributed by atoms with E-state index in [0.717, 1.165) is 11.4 Å². The average molecular weight is 339 g/mol. The standard InChI is InChI=1S/C10H18N3O6PS/c1-3-19-20(18,12-7(2)9(15)16)21-5-4-13-6-8(14)11-10(13)17/h7H,3-6H2,1-2H3,(H,12,18)(H,15,16)(H,11,14,17)/t7?,20-/m1/s1. The number of nitrogens with zero attached hydrogens (tertiary/aromatic N) is 1. The zero-order valence-corrected chi connectivity index (χ0v) is 13.4. The van der Waals surface area contributed by atoms with E-state index >= 15 is 0 Å². The summed E-state index contributed by atoms with van der Waals surface area (Å²) in [5.41, 5.74) is 0. The Morgan fingerprint density at radius 3 is 2.76 bits per heavy atom. The van der Waals surface area contributed by atoms with E-state index in [2.05, 4.69) is 10.4 Å². The molecule has 1 fully saturated rings. The Morgan fingerprint density at radius 2 is 2.29 bits per heavy atom. The third-order valence-corrected chi connectivity index (χ3v) is 6.72. The third-order valence-electron chi connectivity index (χ3n) is 2.51. The number of rotatable bonds is 9. The zero-order chi connectivity index (χ0) is 16.0. The SMILES string of the molecule is CCO[P@](=O)(NC(C)C(=O)O)SCCN1CC(=O)NC1=O. The normalized spacial score (nSPS) is 19.2. The minimum Gasteiger partial charge on any atom is -0.480 e. The molecule has 1 heterocycles. The lowest BCUT2D eigenvalue weighted by Crippen LogP contribution is -2.32. The summed E-state index contributed by atoms with van der Waals surface area (Å²) in [4.78, 5) is 34.4. The molecule has 0 radical (unpaired) electrons. The van der Waals surface area contributed by atoms with Crippen LogP contribution in [-0.2, 0) is 18.7 Å². The fraction of sp³-hybridized carbons (Fsp3) is 0.700. The van der Waals surface area contributed by atoms with Gasteiger partial charge in [0.1, 0.15) is 12.6 Å². The molecule has 1 aliphatic rings. The molecular weight excluding hydrogens is 321 g/mol. The van der Waals surface area contributed by atoms with E-state index in [0.29, 0.717) is 0 Å². The van der Waals surface area contributed by atoms with Crippen molar-refractivity contribution in [3.63, 3.8) is 0 Å². The van der Waals surface area contributed by atoms with Crippen molar-refractivity contribution in [1.29, 1.82) is 0 Å². The summed E-state index contributed by atoms with van der Waals surface area (Å²) >= 11 is 0.910. The summed E-state index contributed by atoms with van der Waals surface area (Å²) < 4.78 is 17.5. The van der Waals surface area contributed by atoms with Crippen LogP contribution in [0.1, 0.15) is 13.8 Å². The van der Waals surface area contributed by atoms with Crippen LogP contribution in [0, 0.1) is 0 Å². The Balaban J connectivity index is 2.50. The quantitative estimate of drug-likeness (QED) is 0.409. The van der Waals surface area contributed by atoms with Crippen molar-refractivity contribution in [3.05, 3.63) is 0 Å². The molecule has 0 spiro atoms. The number of urea groups is 1. The lowest BCUT2D eigenvalue weighted by molar-refractivity contribution is -0.138. The van der Waals surface area contributed by atoms with Crippen molar-refractivity contribution in [2.24, 2.45) is 0 Å². The Kier molecular flexibility index (Phi) is 6.66. The molecule has 0 aromatic rings. The van der Waals surface area contributed by atoms with Crippen molar-refractivity contribution in [1.82, 2.24) is 15.3 Å². The van der Waals surface area contributed by atoms with E-state index in [-0.39, 0.29) is 31.4 Å². The number of aliphatic carboxylic acids is 1. The first-order valence-corrected chi connectivity index (χ1v) is 9.47. The van der Waals surface area contributed by atoms with Crippen LogP contribution in [0.25, 0.3) is 0 Å². The van der Waals surface area contributed by atoms with Gasteiger partial charge in [0.05, 0.1) is 6.61 Å². The van der Waals surface area contributed by atoms with Crippen LogP contribution in [-0.4, -0.2) is 59.4 Å². The van der Waals surface area contributed by atoms with Crippen LogP contribution < -0.4 is 10.4 Å². The van der Waals surface area contributed by atoms with Gasteiger partial charge in [-0.1, -0.05) is 11.4 Å². The van der Waals surface area contributed by atoms with Gasteiger partial charge in [0.15, 0.2) is 0 Å². The summed E-state index contributed by atoms with van der Waals surface area (Å²) in [6.07, 6.45) is 0. The number of carbonyl (C=O) groups excluding carboxylic acids is 2. The van der Waals surface area contributed by atoms with E-state index in [9.17, 15) is 18.9 Å². The molecule has 1 rings (SSSR count). The maximum absolute atomic E-state index is 12.4. The second-order valence-electron chi connectivity index (χ2n) is 4.21. The van der Waals surface area contributed by atoms with E-state index in [1.165, 1.54) is 11.8 Å². The Bertz CT molecular complexity index is 474. The van der Waals surface area contributed by atoms with Crippen LogP contribution in [0.15, 0.2) is 0 Å². The molecule has 0 aromatic heterocycles. The molecule has 1 aliphatic heterocycles. The molecule has 120 valence electrons. The van der Waals surface area contributed by atoms with Gasteiger partial charge in [-0.25, -0.2) is 9.88 Å². The first-order valence-electron chi connectivity index (χ1n) is 6.26. The lowest BCUT2D eigenvalue weighted by atomic mass is 10.4. The van der Waals surface area contributed by atoms with Crippen molar-refractivity contribution >= 4 is 36.0 Å². The van der Waals surface area contributed by atoms with Crippen molar-refractivity contribution in [2.75, 3.05) is 25.4 Å². The van der Waals surface area contributed by atoms with Crippen molar-refractivity contribution < 1.29 is 28.6 Å². The van der Waals surface area contributed by atoms with Gasteiger partial charge in [0, 0.05) is 12.3 Å². The summed E-state index contributed by atoms with van der Waals surface area (Å²) in [7, 11) is 0. The molecule has 0 aliphatic carbocycles. The second-order valence-corrected chi connectivity index (χ2v) is 8.61. The maximum Gasteiger partial charge on any atom is 0.327 e. The van der Waals surface area contributed by atoms with Crippen molar-refractivity contribution in [2.45, 2.75) is 19.9 Å². The number of imide groups is 1. The monoisotopic (exact) mass is 339 g/mol. The highest BCUT2D eigenvalue weighted by atomic mass is 32.7. The topological polar surface area (TPSA) is 125 Å². The molecule has 9 nitrogen and oxygen atoms in total. The highest BCUT2D eigenvalue weighted by Gasteiger charge is 2.30. The fourth-order valence-electron chi connectivity index (χ4n) is 1.51. The number of hydrogen-bond donors (Lipinski definition) is 3. The van der Waals surface area contributed by atoms with Crippen LogP contribution in [0.2, 0.25) is 0 Å². The largest absolute Gasteiger partial charge is 0.480 e. The predicted octanol–water partition coefficient (Wildman–Crippen LogP) is 0.479. The van der Waals surface area contributed by atoms with Crippen molar-refractivity contribution in [3.8, 4) is 0 Å². The number of carboxylic acid groups (broad SMARTS) is 1. The first-order chi connectivity index (χ1) is 9.77. The fourth-order valence-corrected chi connectivity index (χ4v) is 5.40. The van der Waals surface area contributed by atoms with E-state index in [1.54, 1.807) is 6.92 Å². The number of carboxylic acids is 1. The van der Waals surface area contributed by atoms with Crippen LogP contribution in [0.5, 0.6) is 0 Å². The molecule has 3 amide bonds. The Hall–Kier alpha value is -1.09. The predicted molar refractivity (Wildman–Crippen MR) is 77.0 cm³/mol. The van der Waals surface area contributed by atoms with Crippen LogP contribution >= 0.6 is 18.1 Å². The molecule has 2 atom stereocenters. The minimum absolute atomic E-state index is 0.0305. The second kappa shape index (κ2) is 7.79. The van der Waals surface area contributed by atoms with Crippen LogP contribution in [0.3, 0.4) is 0 Å². The number of nitrogens with one attached hydrogen (secondary N) is 2. The number of amides is 3. The summed E-state index contributed by atoms with van der Waals surface area (Å²) in [6, 6.07) is -1.51. The Labute approximate surface area is 126 Å². The van der Waals surface area contributed by atoms with Gasteiger partial charge < -0.3 is 14.5 Å². The Morgan fingerprint density at radius 1 is 1.62 bits per heavy atom. The first kappa shape index (κ1) is 18.0. The summed E-state index contributed by atoms with van der Waals surface area (Å²) in [5, 5.41) is 13.4. The van der Waals surface area contributed by atoms with Gasteiger partial charge in [-0.05, 0) is 13.8 Å². The van der Waals surface area contributed by atoms with Gasteiger partial charge >= 0.3 is 18.7 Å². The van der Waals surface area contributed by atoms with E-state index < -0.39 is 24.8 Å². The molecule has 1 saturated heterocycles. The van der Waals surface area contributed by atoms with Gasteiger partial charge in [-0.2, -0.15) is 0 Å². The molecule has 3 N–H and O–H groups in total. The highest BCUT2D eigenvalue weighted by Crippen LogP contribution is 2.56. The molecule has 0 saturated carbocycles. The molecule has 11 heteroatoms. The van der Waals surface area contributed by atoms with E-state index in [4.69, 9.17) is 9.63 Å². The number of carbonyl (C=O) groups is 3. The van der Waals surface area contributed by atoms with Gasteiger partial charge in [0.2, 0.25) is 5.91 Å². The third kappa shape index (κ3) is 5.66. The summed E-state index contributed by atoms with van der Waals surface area (Å²) in [5.74, 6) is -1.27. The van der Waals surface area contributed by atoms with Gasteiger partial charge in [-0.15, -0.1) is 0 Å². The highest BCUT2D eigenvalue weighted by molar-refractivity contribution is 8.56. The average Bonchev–Trinajstić information content (AvgIpc) is 2.68. The minimum atomic E-state index is -3.38. The smallest absolute Gasteiger partial charge is 0.327 e. The molecule has 0 bridgehead atoms. The van der Waals surface area contributed by atoms with Crippen LogP contribution in [0.4, 0.5) is 4.79 Å². The van der Waals surface area contributed by atoms with Gasteiger partial charge in [-0.3, -0.25) is 19.5 Å².